The Labute approximate surface area is 206 Å². The third-order valence-electron chi connectivity index (χ3n) is 5.40. The molecular weight excluding hydrogens is 450 g/mol. The molecule has 1 aliphatic rings. The van der Waals surface area contributed by atoms with E-state index in [-0.39, 0.29) is 12.4 Å². The molecule has 5 N–H and O–H groups in total. The Hall–Kier alpha value is -2.86. The van der Waals surface area contributed by atoms with Crippen LogP contribution >= 0.6 is 0 Å². The lowest BCUT2D eigenvalue weighted by Crippen LogP contribution is -2.22. The molecule has 0 saturated carbocycles. The summed E-state index contributed by atoms with van der Waals surface area (Å²) in [5.41, 5.74) is 7.12. The molecule has 0 aliphatic carbocycles. The van der Waals surface area contributed by atoms with E-state index in [1.165, 1.54) is 0 Å². The van der Waals surface area contributed by atoms with Crippen LogP contribution in [0.3, 0.4) is 0 Å². The van der Waals surface area contributed by atoms with Gasteiger partial charge in [0.1, 0.15) is 5.78 Å². The lowest BCUT2D eigenvalue weighted by Gasteiger charge is -2.17. The van der Waals surface area contributed by atoms with Crippen LogP contribution in [0.5, 0.6) is 0 Å². The number of rotatable bonds is 17. The average Bonchev–Trinajstić information content (AvgIpc) is 3.41. The highest BCUT2D eigenvalue weighted by atomic mass is 16.5. The molecule has 1 aromatic carbocycles. The van der Waals surface area contributed by atoms with Crippen molar-refractivity contribution in [3.63, 3.8) is 0 Å². The van der Waals surface area contributed by atoms with E-state index in [4.69, 9.17) is 20.3 Å². The SMILES string of the molecule is NCCOCCOCCCC(=O)Cc1ccc(Nc2nc(NCCO)nc(N3CCCC3)n2)cc1. The number of carbonyl (C=O) groups excluding carboxylic acids is 1. The number of nitrogens with two attached hydrogens (primary N) is 1. The van der Waals surface area contributed by atoms with Crippen molar-refractivity contribution in [1.29, 1.82) is 0 Å². The highest BCUT2D eigenvalue weighted by Gasteiger charge is 2.17. The summed E-state index contributed by atoms with van der Waals surface area (Å²) in [4.78, 5) is 27.9. The number of benzene rings is 1. The second kappa shape index (κ2) is 15.2. The third-order valence-corrected chi connectivity index (χ3v) is 5.40. The lowest BCUT2D eigenvalue weighted by molar-refractivity contribution is -0.118. The Morgan fingerprint density at radius 1 is 1.00 bits per heavy atom. The van der Waals surface area contributed by atoms with E-state index >= 15 is 0 Å². The zero-order chi connectivity index (χ0) is 24.7. The largest absolute Gasteiger partial charge is 0.395 e. The maximum absolute atomic E-state index is 12.3. The first kappa shape index (κ1) is 26.7. The summed E-state index contributed by atoms with van der Waals surface area (Å²) >= 11 is 0. The van der Waals surface area contributed by atoms with Crippen LogP contribution in [0.25, 0.3) is 0 Å². The number of hydrogen-bond acceptors (Lipinski definition) is 11. The van der Waals surface area contributed by atoms with Gasteiger partial charge in [-0.3, -0.25) is 4.79 Å². The summed E-state index contributed by atoms with van der Waals surface area (Å²) in [7, 11) is 0. The second-order valence-corrected chi connectivity index (χ2v) is 8.28. The zero-order valence-corrected chi connectivity index (χ0v) is 20.2. The Balaban J connectivity index is 1.47. The summed E-state index contributed by atoms with van der Waals surface area (Å²) in [6.45, 7) is 4.81. The van der Waals surface area contributed by atoms with Crippen molar-refractivity contribution < 1.29 is 19.4 Å². The molecule has 0 amide bonds. The Bertz CT molecular complexity index is 892. The number of anilines is 4. The van der Waals surface area contributed by atoms with Crippen LogP contribution in [0.2, 0.25) is 0 Å². The minimum absolute atomic E-state index is 0.00903. The molecule has 0 unspecified atom stereocenters. The van der Waals surface area contributed by atoms with Gasteiger partial charge < -0.3 is 35.8 Å². The fraction of sp³-hybridized carbons (Fsp3) is 0.583. The standard InChI is InChI=1S/C24H37N7O4/c25-9-15-35-17-16-34-14-3-4-21(33)18-19-5-7-20(8-6-19)27-23-28-22(26-10-13-32)29-24(30-23)31-11-1-2-12-31/h5-8,32H,1-4,9-18,25H2,(H2,26,27,28,29,30). The van der Waals surface area contributed by atoms with Crippen LogP contribution in [0.1, 0.15) is 31.2 Å². The number of aliphatic hydroxyl groups is 1. The van der Waals surface area contributed by atoms with Crippen LogP contribution in [-0.4, -0.2) is 85.1 Å². The number of aromatic nitrogens is 3. The van der Waals surface area contributed by atoms with Crippen molar-refractivity contribution in [1.82, 2.24) is 15.0 Å². The van der Waals surface area contributed by atoms with Gasteiger partial charge in [0.25, 0.3) is 0 Å². The third kappa shape index (κ3) is 9.73. The molecule has 1 aliphatic heterocycles. The first-order chi connectivity index (χ1) is 17.2. The minimum Gasteiger partial charge on any atom is -0.395 e. The van der Waals surface area contributed by atoms with Gasteiger partial charge in [0.05, 0.1) is 26.4 Å². The van der Waals surface area contributed by atoms with E-state index in [9.17, 15) is 4.79 Å². The maximum atomic E-state index is 12.3. The van der Waals surface area contributed by atoms with Crippen molar-refractivity contribution in [2.45, 2.75) is 32.1 Å². The number of ketones is 1. The summed E-state index contributed by atoms with van der Waals surface area (Å²) < 4.78 is 10.7. The van der Waals surface area contributed by atoms with Gasteiger partial charge in [0.2, 0.25) is 17.8 Å². The first-order valence-electron chi connectivity index (χ1n) is 12.3. The quantitative estimate of drug-likeness (QED) is 0.241. The van der Waals surface area contributed by atoms with E-state index < -0.39 is 0 Å². The van der Waals surface area contributed by atoms with Crippen LogP contribution in [0.4, 0.5) is 23.5 Å². The number of hydrogen-bond donors (Lipinski definition) is 4. The predicted molar refractivity (Wildman–Crippen MR) is 135 cm³/mol. The van der Waals surface area contributed by atoms with Crippen molar-refractivity contribution in [2.75, 3.05) is 74.7 Å². The molecule has 2 aromatic rings. The molecule has 192 valence electrons. The van der Waals surface area contributed by atoms with Gasteiger partial charge in [0, 0.05) is 51.3 Å². The highest BCUT2D eigenvalue weighted by molar-refractivity contribution is 5.81. The zero-order valence-electron chi connectivity index (χ0n) is 20.2. The molecule has 11 nitrogen and oxygen atoms in total. The van der Waals surface area contributed by atoms with Gasteiger partial charge in [0.15, 0.2) is 0 Å². The molecule has 0 radical (unpaired) electrons. The molecule has 0 spiro atoms. The Morgan fingerprint density at radius 3 is 2.43 bits per heavy atom. The molecule has 3 rings (SSSR count). The number of Topliss-reactive ketones (excluding diaryl/α,β-unsaturated/α-hetero) is 1. The summed E-state index contributed by atoms with van der Waals surface area (Å²) in [6.07, 6.45) is 3.80. The summed E-state index contributed by atoms with van der Waals surface area (Å²) in [5.74, 6) is 1.66. The van der Waals surface area contributed by atoms with Gasteiger partial charge in [-0.15, -0.1) is 0 Å². The van der Waals surface area contributed by atoms with E-state index in [2.05, 4.69) is 30.5 Å². The van der Waals surface area contributed by atoms with Crippen LogP contribution in [-0.2, 0) is 20.7 Å². The highest BCUT2D eigenvalue weighted by Crippen LogP contribution is 2.21. The number of carbonyl (C=O) groups is 1. The van der Waals surface area contributed by atoms with Crippen LogP contribution in [0.15, 0.2) is 24.3 Å². The van der Waals surface area contributed by atoms with Gasteiger partial charge in [-0.2, -0.15) is 15.0 Å². The van der Waals surface area contributed by atoms with E-state index in [1.807, 2.05) is 24.3 Å². The van der Waals surface area contributed by atoms with Gasteiger partial charge in [-0.25, -0.2) is 0 Å². The van der Waals surface area contributed by atoms with Gasteiger partial charge in [-0.05, 0) is 37.0 Å². The number of nitrogens with zero attached hydrogens (tertiary/aromatic N) is 4. The average molecular weight is 488 g/mol. The van der Waals surface area contributed by atoms with E-state index in [0.29, 0.717) is 76.6 Å². The van der Waals surface area contributed by atoms with Crippen molar-refractivity contribution in [3.8, 4) is 0 Å². The smallest absolute Gasteiger partial charge is 0.233 e. The Morgan fingerprint density at radius 2 is 1.71 bits per heavy atom. The molecule has 0 bridgehead atoms. The van der Waals surface area contributed by atoms with E-state index in [1.54, 1.807) is 0 Å². The number of ether oxygens (including phenoxy) is 2. The number of aliphatic hydroxyl groups excluding tert-OH is 1. The van der Waals surface area contributed by atoms with Gasteiger partial charge in [-0.1, -0.05) is 12.1 Å². The molecular formula is C24H37N7O4. The number of nitrogens with one attached hydrogen (secondary N) is 2. The molecule has 1 saturated heterocycles. The normalized spacial score (nSPS) is 13.3. The fourth-order valence-corrected chi connectivity index (χ4v) is 3.65. The maximum Gasteiger partial charge on any atom is 0.233 e. The van der Waals surface area contributed by atoms with Gasteiger partial charge >= 0.3 is 0 Å². The van der Waals surface area contributed by atoms with Crippen molar-refractivity contribution in [2.24, 2.45) is 5.73 Å². The van der Waals surface area contributed by atoms with Crippen molar-refractivity contribution in [3.05, 3.63) is 29.8 Å². The first-order valence-corrected chi connectivity index (χ1v) is 12.3. The molecule has 11 heteroatoms. The van der Waals surface area contributed by atoms with Crippen molar-refractivity contribution >= 4 is 29.3 Å². The minimum atomic E-state index is -0.00903. The second-order valence-electron chi connectivity index (χ2n) is 8.28. The molecule has 35 heavy (non-hydrogen) atoms. The Kier molecular flexibility index (Phi) is 11.6. The summed E-state index contributed by atoms with van der Waals surface area (Å²) in [5, 5.41) is 15.3. The molecule has 1 aromatic heterocycles. The predicted octanol–water partition coefficient (Wildman–Crippen LogP) is 1.50. The van der Waals surface area contributed by atoms with E-state index in [0.717, 1.165) is 37.2 Å². The molecule has 0 atom stereocenters. The summed E-state index contributed by atoms with van der Waals surface area (Å²) in [6, 6.07) is 7.68. The topological polar surface area (TPSA) is 148 Å². The monoisotopic (exact) mass is 487 g/mol. The molecule has 1 fully saturated rings. The lowest BCUT2D eigenvalue weighted by atomic mass is 10.1. The van der Waals surface area contributed by atoms with Crippen LogP contribution in [0, 0.1) is 0 Å². The molecule has 2 heterocycles. The fourth-order valence-electron chi connectivity index (χ4n) is 3.65. The van der Waals surface area contributed by atoms with Crippen LogP contribution < -0.4 is 21.3 Å².